The SMILES string of the molecule is CC(C)[S@@](=O)CC[S@](=O)C(C)C. The third-order valence-corrected chi connectivity index (χ3v) is 5.11. The summed E-state index contributed by atoms with van der Waals surface area (Å²) in [5, 5.41) is 0.378. The molecule has 2 nitrogen and oxygen atoms in total. The van der Waals surface area contributed by atoms with Crippen LogP contribution >= 0.6 is 0 Å². The predicted molar refractivity (Wildman–Crippen MR) is 56.3 cm³/mol. The van der Waals surface area contributed by atoms with Gasteiger partial charge in [0.05, 0.1) is 0 Å². The molecule has 0 bridgehead atoms. The van der Waals surface area contributed by atoms with Crippen molar-refractivity contribution in [1.29, 1.82) is 0 Å². The van der Waals surface area contributed by atoms with E-state index >= 15 is 0 Å². The van der Waals surface area contributed by atoms with Gasteiger partial charge in [0, 0.05) is 43.6 Å². The van der Waals surface area contributed by atoms with Crippen LogP contribution in [0, 0.1) is 0 Å². The summed E-state index contributed by atoms with van der Waals surface area (Å²) in [5.74, 6) is 1.14. The zero-order valence-electron chi connectivity index (χ0n) is 8.20. The fourth-order valence-electron chi connectivity index (χ4n) is 0.636. The van der Waals surface area contributed by atoms with E-state index in [1.807, 2.05) is 27.7 Å². The summed E-state index contributed by atoms with van der Waals surface area (Å²) < 4.78 is 22.5. The zero-order chi connectivity index (χ0) is 9.72. The molecule has 0 aliphatic heterocycles. The van der Waals surface area contributed by atoms with Crippen molar-refractivity contribution in [2.24, 2.45) is 0 Å². The van der Waals surface area contributed by atoms with E-state index in [-0.39, 0.29) is 10.5 Å². The first-order valence-electron chi connectivity index (χ1n) is 4.19. The van der Waals surface area contributed by atoms with E-state index in [4.69, 9.17) is 0 Å². The Morgan fingerprint density at radius 1 is 0.833 bits per heavy atom. The van der Waals surface area contributed by atoms with Gasteiger partial charge in [-0.25, -0.2) is 0 Å². The first-order valence-corrected chi connectivity index (χ1v) is 6.96. The largest absolute Gasteiger partial charge is 0.259 e. The molecule has 0 amide bonds. The Bertz CT molecular complexity index is 156. The normalized spacial score (nSPS) is 16.8. The smallest absolute Gasteiger partial charge is 0.0353 e. The Hall–Kier alpha value is 0.300. The Morgan fingerprint density at radius 3 is 1.25 bits per heavy atom. The second-order valence-corrected chi connectivity index (χ2v) is 7.49. The standard InChI is InChI=1S/C8H18O2S2/c1-7(2)11(9)5-6-12(10)8(3)4/h7-8H,5-6H2,1-4H3/t11-,12-/m0/s1. The summed E-state index contributed by atoms with van der Waals surface area (Å²) >= 11 is 0. The van der Waals surface area contributed by atoms with Crippen molar-refractivity contribution in [2.45, 2.75) is 38.2 Å². The second kappa shape index (κ2) is 5.86. The van der Waals surface area contributed by atoms with Gasteiger partial charge < -0.3 is 0 Å². The van der Waals surface area contributed by atoms with Crippen molar-refractivity contribution in [3.05, 3.63) is 0 Å². The van der Waals surface area contributed by atoms with Crippen molar-refractivity contribution in [3.63, 3.8) is 0 Å². The Labute approximate surface area is 80.0 Å². The molecule has 0 aliphatic carbocycles. The van der Waals surface area contributed by atoms with E-state index in [2.05, 4.69) is 0 Å². The van der Waals surface area contributed by atoms with E-state index in [1.54, 1.807) is 0 Å². The molecule has 0 heterocycles. The highest BCUT2D eigenvalue weighted by molar-refractivity contribution is 7.89. The summed E-state index contributed by atoms with van der Waals surface area (Å²) in [6, 6.07) is 0. The van der Waals surface area contributed by atoms with Gasteiger partial charge in [-0.2, -0.15) is 0 Å². The Balaban J connectivity index is 3.69. The van der Waals surface area contributed by atoms with Crippen molar-refractivity contribution in [1.82, 2.24) is 0 Å². The van der Waals surface area contributed by atoms with Gasteiger partial charge in [0.2, 0.25) is 0 Å². The maximum Gasteiger partial charge on any atom is 0.0353 e. The van der Waals surface area contributed by atoms with Gasteiger partial charge in [-0.1, -0.05) is 27.7 Å². The molecule has 0 saturated heterocycles. The average Bonchev–Trinajstić information content (AvgIpc) is 1.98. The molecule has 12 heavy (non-hydrogen) atoms. The van der Waals surface area contributed by atoms with Crippen LogP contribution in [0.1, 0.15) is 27.7 Å². The molecule has 0 aliphatic rings. The highest BCUT2D eigenvalue weighted by Crippen LogP contribution is 1.98. The molecule has 0 saturated carbocycles. The summed E-state index contributed by atoms with van der Waals surface area (Å²) in [5.41, 5.74) is 0. The van der Waals surface area contributed by atoms with Crippen LogP contribution in [-0.2, 0) is 21.6 Å². The third-order valence-electron chi connectivity index (χ3n) is 1.54. The minimum atomic E-state index is -0.802. The average molecular weight is 210 g/mol. The molecule has 0 aromatic carbocycles. The Morgan fingerprint density at radius 2 is 1.08 bits per heavy atom. The summed E-state index contributed by atoms with van der Waals surface area (Å²) in [4.78, 5) is 0. The molecule has 0 radical (unpaired) electrons. The quantitative estimate of drug-likeness (QED) is 0.685. The highest BCUT2D eigenvalue weighted by Gasteiger charge is 2.09. The van der Waals surface area contributed by atoms with Crippen molar-refractivity contribution in [3.8, 4) is 0 Å². The minimum Gasteiger partial charge on any atom is -0.259 e. The van der Waals surface area contributed by atoms with Gasteiger partial charge in [0.25, 0.3) is 0 Å². The number of hydrogen-bond acceptors (Lipinski definition) is 2. The van der Waals surface area contributed by atoms with E-state index in [9.17, 15) is 8.42 Å². The third kappa shape index (κ3) is 5.04. The van der Waals surface area contributed by atoms with Crippen molar-refractivity contribution < 1.29 is 8.42 Å². The van der Waals surface area contributed by atoms with Crippen LogP contribution < -0.4 is 0 Å². The van der Waals surface area contributed by atoms with E-state index in [0.29, 0.717) is 11.5 Å². The van der Waals surface area contributed by atoms with Crippen LogP contribution in [0.15, 0.2) is 0 Å². The van der Waals surface area contributed by atoms with E-state index in [0.717, 1.165) is 0 Å². The van der Waals surface area contributed by atoms with Crippen LogP contribution in [0.2, 0.25) is 0 Å². The monoisotopic (exact) mass is 210 g/mol. The first-order chi connectivity index (χ1) is 5.45. The predicted octanol–water partition coefficient (Wildman–Crippen LogP) is 1.30. The fourth-order valence-corrected chi connectivity index (χ4v) is 2.89. The number of rotatable bonds is 5. The first kappa shape index (κ1) is 12.3. The lowest BCUT2D eigenvalue weighted by Crippen LogP contribution is -2.18. The molecule has 0 spiro atoms. The summed E-state index contributed by atoms with van der Waals surface area (Å²) in [6.07, 6.45) is 0. The maximum atomic E-state index is 11.2. The molecule has 0 aromatic heterocycles. The van der Waals surface area contributed by atoms with Gasteiger partial charge in [0.1, 0.15) is 0 Å². The van der Waals surface area contributed by atoms with Crippen LogP contribution in [0.4, 0.5) is 0 Å². The lowest BCUT2D eigenvalue weighted by atomic mass is 10.6. The summed E-state index contributed by atoms with van der Waals surface area (Å²) in [7, 11) is -1.60. The van der Waals surface area contributed by atoms with E-state index in [1.165, 1.54) is 0 Å². The lowest BCUT2D eigenvalue weighted by molar-refractivity contribution is 0.671. The van der Waals surface area contributed by atoms with Gasteiger partial charge in [-0.05, 0) is 0 Å². The van der Waals surface area contributed by atoms with Gasteiger partial charge in [-0.3, -0.25) is 8.42 Å². The molecule has 0 unspecified atom stereocenters. The minimum absolute atomic E-state index is 0.189. The van der Waals surface area contributed by atoms with Gasteiger partial charge >= 0.3 is 0 Å². The van der Waals surface area contributed by atoms with Crippen LogP contribution in [0.5, 0.6) is 0 Å². The summed E-state index contributed by atoms with van der Waals surface area (Å²) in [6.45, 7) is 7.70. The van der Waals surface area contributed by atoms with E-state index < -0.39 is 21.6 Å². The molecule has 2 atom stereocenters. The second-order valence-electron chi connectivity index (χ2n) is 3.27. The molecule has 74 valence electrons. The van der Waals surface area contributed by atoms with Crippen LogP contribution in [0.3, 0.4) is 0 Å². The fraction of sp³-hybridized carbons (Fsp3) is 1.00. The number of hydrogen-bond donors (Lipinski definition) is 0. The molecule has 4 heteroatoms. The Kier molecular flexibility index (Phi) is 6.01. The molecule has 0 N–H and O–H groups in total. The zero-order valence-corrected chi connectivity index (χ0v) is 9.83. The molecular formula is C8H18O2S2. The van der Waals surface area contributed by atoms with Crippen molar-refractivity contribution >= 4 is 21.6 Å². The molecule has 0 fully saturated rings. The topological polar surface area (TPSA) is 34.1 Å². The van der Waals surface area contributed by atoms with Crippen molar-refractivity contribution in [2.75, 3.05) is 11.5 Å². The lowest BCUT2D eigenvalue weighted by Gasteiger charge is -2.07. The molecule has 0 rings (SSSR count). The highest BCUT2D eigenvalue weighted by atomic mass is 32.2. The maximum absolute atomic E-state index is 11.2. The van der Waals surface area contributed by atoms with Crippen LogP contribution in [0.25, 0.3) is 0 Å². The molecular weight excluding hydrogens is 192 g/mol. The van der Waals surface area contributed by atoms with Gasteiger partial charge in [0.15, 0.2) is 0 Å². The molecule has 0 aromatic rings. The van der Waals surface area contributed by atoms with Crippen LogP contribution in [-0.4, -0.2) is 30.4 Å². The van der Waals surface area contributed by atoms with Gasteiger partial charge in [-0.15, -0.1) is 0 Å².